The number of hydrogen-bond donors (Lipinski definition) is 0. The highest BCUT2D eigenvalue weighted by Crippen LogP contribution is 2.42. The van der Waals surface area contributed by atoms with E-state index in [1.165, 1.54) is 127 Å². The minimum atomic E-state index is 0.962. The number of rotatable bonds is 13. The lowest BCUT2D eigenvalue weighted by Crippen LogP contribution is -2.10. The lowest BCUT2D eigenvalue weighted by atomic mass is 9.98. The van der Waals surface area contributed by atoms with Gasteiger partial charge in [0.15, 0.2) is 0 Å². The number of nitrogens with zero attached hydrogens (tertiary/aromatic N) is 3. The molecule has 0 amide bonds. The van der Waals surface area contributed by atoms with Crippen LogP contribution >= 0.6 is 15.9 Å². The molecule has 3 nitrogen and oxygen atoms in total. The highest BCUT2D eigenvalue weighted by atomic mass is 79.9. The Balaban J connectivity index is 0.000000130. The van der Waals surface area contributed by atoms with Crippen molar-refractivity contribution in [1.82, 2.24) is 9.13 Å². The van der Waals surface area contributed by atoms with Crippen molar-refractivity contribution in [2.45, 2.75) is 6.42 Å². The highest BCUT2D eigenvalue weighted by molar-refractivity contribution is 9.12. The average molecular weight is 1360 g/mol. The first kappa shape index (κ1) is 63.1. The molecule has 0 fully saturated rings. The Bertz CT molecular complexity index is 5620. The van der Waals surface area contributed by atoms with E-state index in [0.717, 1.165) is 33.7 Å². The van der Waals surface area contributed by atoms with Crippen LogP contribution in [0, 0.1) is 6.08 Å². The minimum Gasteiger partial charge on any atom is -0.310 e. The molecule has 15 aromatic carbocycles. The maximum absolute atomic E-state index is 3.66. The van der Waals surface area contributed by atoms with Crippen molar-refractivity contribution in [2.24, 2.45) is 0 Å². The van der Waals surface area contributed by atoms with Gasteiger partial charge in [-0.25, -0.2) is 0 Å². The molecular weight excluding hydrogens is 1290 g/mol. The smallest absolute Gasteiger partial charge is 0.137 e. The van der Waals surface area contributed by atoms with Gasteiger partial charge >= 0.3 is 0 Å². The first-order chi connectivity index (χ1) is 50.0. The fourth-order valence-corrected chi connectivity index (χ4v) is 14.4. The lowest BCUT2D eigenvalue weighted by Gasteiger charge is -2.26. The number of benzene rings is 15. The number of anilines is 3. The molecule has 0 atom stereocenters. The van der Waals surface area contributed by atoms with Crippen LogP contribution in [0.4, 0.5) is 17.1 Å². The summed E-state index contributed by atoms with van der Waals surface area (Å²) in [6.07, 6.45) is 10.1. The van der Waals surface area contributed by atoms with E-state index in [9.17, 15) is 0 Å². The highest BCUT2D eigenvalue weighted by Gasteiger charge is 2.20. The number of hydrogen-bond acceptors (Lipinski definition) is 1. The Labute approximate surface area is 599 Å². The summed E-state index contributed by atoms with van der Waals surface area (Å²) in [5.74, 6) is 0. The van der Waals surface area contributed by atoms with E-state index in [2.05, 4.69) is 430 Å². The van der Waals surface area contributed by atoms with Crippen molar-refractivity contribution in [3.8, 4) is 67.0 Å². The molecular formula is C97H69BrN3+. The molecule has 0 unspecified atom stereocenters. The third-order valence-electron chi connectivity index (χ3n) is 18.9. The maximum atomic E-state index is 3.66. The summed E-state index contributed by atoms with van der Waals surface area (Å²) in [6.45, 7) is 0. The molecule has 18 rings (SSSR count). The fourth-order valence-electron chi connectivity index (χ4n) is 13.9. The van der Waals surface area contributed by atoms with Crippen LogP contribution in [0.15, 0.2) is 411 Å². The van der Waals surface area contributed by atoms with Crippen LogP contribution in [0.1, 0.15) is 16.7 Å². The van der Waals surface area contributed by atoms with Crippen molar-refractivity contribution < 1.29 is 0 Å². The summed E-state index contributed by atoms with van der Waals surface area (Å²) in [6, 6.07) is 139. The van der Waals surface area contributed by atoms with Gasteiger partial charge < -0.3 is 14.0 Å². The number of halogens is 1. The zero-order valence-corrected chi connectivity index (χ0v) is 57.2. The van der Waals surface area contributed by atoms with Gasteiger partial charge in [0.2, 0.25) is 0 Å². The molecule has 0 N–H and O–H groups in total. The Morgan fingerprint density at radius 3 is 1.01 bits per heavy atom. The molecule has 0 radical (unpaired) electrons. The predicted molar refractivity (Wildman–Crippen MR) is 432 cm³/mol. The van der Waals surface area contributed by atoms with Gasteiger partial charge in [-0.3, -0.25) is 0 Å². The van der Waals surface area contributed by atoms with Crippen molar-refractivity contribution in [1.29, 1.82) is 0 Å². The first-order valence-electron chi connectivity index (χ1n) is 34.3. The van der Waals surface area contributed by atoms with Crippen molar-refractivity contribution in [2.75, 3.05) is 4.90 Å². The average Bonchev–Trinajstić information content (AvgIpc) is 1.60. The third kappa shape index (κ3) is 13.6. The van der Waals surface area contributed by atoms with Crippen LogP contribution in [0.25, 0.3) is 116 Å². The van der Waals surface area contributed by atoms with Gasteiger partial charge in [0.1, 0.15) is 22.2 Å². The number of allylic oxidation sites excluding steroid dienone is 6. The van der Waals surface area contributed by atoms with E-state index in [0.29, 0.717) is 0 Å². The molecule has 1 aliphatic carbocycles. The molecule has 2 heterocycles. The SMILES string of the molecule is BrC1=C(c2ccc3c4ccccc4n(-c4ccccc4)c3c2)C=C[C+]=C1.c1ccc(-c2ccc(Cc3ccc(-c4ccccc4)cc3)cc2)cc1.c1ccc(-c2ccc(N(c3ccc(-c4ccccc4)cc3)c3cccc(-c4ccc5c6ccccc6n(-c6ccccc6)c5c4)c3)cc2)cc1. The second kappa shape index (κ2) is 29.2. The van der Waals surface area contributed by atoms with E-state index in [-0.39, 0.29) is 0 Å². The van der Waals surface area contributed by atoms with E-state index in [1.54, 1.807) is 0 Å². The number of aromatic nitrogens is 2. The summed E-state index contributed by atoms with van der Waals surface area (Å²) in [5.41, 5.74) is 27.8. The van der Waals surface area contributed by atoms with Gasteiger partial charge in [-0.2, -0.15) is 0 Å². The fraction of sp³-hybridized carbons (Fsp3) is 0.0103. The zero-order chi connectivity index (χ0) is 67.7. The molecule has 17 aromatic rings. The van der Waals surface area contributed by atoms with Gasteiger partial charge in [-0.15, -0.1) is 0 Å². The maximum Gasteiger partial charge on any atom is 0.137 e. The molecule has 0 saturated heterocycles. The second-order valence-electron chi connectivity index (χ2n) is 25.3. The minimum absolute atomic E-state index is 0.962. The second-order valence-corrected chi connectivity index (χ2v) is 26.1. The van der Waals surface area contributed by atoms with Gasteiger partial charge in [0, 0.05) is 77.6 Å². The van der Waals surface area contributed by atoms with Crippen LogP contribution in [0.2, 0.25) is 0 Å². The lowest BCUT2D eigenvalue weighted by molar-refractivity contribution is 1.18. The molecule has 0 spiro atoms. The molecule has 0 bridgehead atoms. The summed E-state index contributed by atoms with van der Waals surface area (Å²) >= 11 is 3.66. The Morgan fingerprint density at radius 1 is 0.257 bits per heavy atom. The van der Waals surface area contributed by atoms with E-state index in [1.807, 2.05) is 12.2 Å². The van der Waals surface area contributed by atoms with Crippen molar-refractivity contribution >= 4 is 82.2 Å². The van der Waals surface area contributed by atoms with Crippen molar-refractivity contribution in [3.05, 3.63) is 434 Å². The van der Waals surface area contributed by atoms with Gasteiger partial charge in [0.05, 0.1) is 28.1 Å². The normalized spacial score (nSPS) is 11.7. The summed E-state index contributed by atoms with van der Waals surface area (Å²) in [4.78, 5) is 2.35. The molecule has 2 aromatic heterocycles. The van der Waals surface area contributed by atoms with Crippen LogP contribution in [-0.4, -0.2) is 9.13 Å². The monoisotopic (exact) mass is 1350 g/mol. The Morgan fingerprint density at radius 2 is 0.584 bits per heavy atom. The third-order valence-corrected chi connectivity index (χ3v) is 19.6. The Kier molecular flexibility index (Phi) is 18.2. The predicted octanol–water partition coefficient (Wildman–Crippen LogP) is 26.7. The largest absolute Gasteiger partial charge is 0.310 e. The zero-order valence-electron chi connectivity index (χ0n) is 55.6. The van der Waals surface area contributed by atoms with Crippen LogP contribution in [-0.2, 0) is 6.42 Å². The topological polar surface area (TPSA) is 13.1 Å². The van der Waals surface area contributed by atoms with E-state index >= 15 is 0 Å². The van der Waals surface area contributed by atoms with Crippen LogP contribution in [0.5, 0.6) is 0 Å². The van der Waals surface area contributed by atoms with E-state index in [4.69, 9.17) is 0 Å². The van der Waals surface area contributed by atoms with Gasteiger partial charge in [-0.1, -0.05) is 303 Å². The summed E-state index contributed by atoms with van der Waals surface area (Å²) in [5, 5.41) is 5.06. The standard InChI is InChI=1S/C48H34N2.C25H20.C24H15BrN/c1-4-13-35(14-5-1)37-23-28-42(29-24-37)49(43-30-25-38(26-31-43)36-15-6-2-7-16-36)44-20-12-17-39(33-44)40-27-32-46-45-21-10-11-22-47(45)50(48(46)34-40)41-18-8-3-9-19-41;1-3-7-22(8-4-1)24-15-11-20(12-16-24)19-21-13-17-25(18-14-21)23-9-5-2-6-10-23;25-22-12-6-4-10-19(22)17-14-15-21-20-11-5-7-13-23(20)26(24(21)16-17)18-8-2-1-3-9-18/h1-34H;1-18H,19H2;1-5,7-16H/q;;+1. The molecule has 478 valence electrons. The van der Waals surface area contributed by atoms with Gasteiger partial charge in [-0.05, 0) is 158 Å². The number of fused-ring (bicyclic) bond motifs is 6. The molecule has 101 heavy (non-hydrogen) atoms. The summed E-state index contributed by atoms with van der Waals surface area (Å²) in [7, 11) is 0. The summed E-state index contributed by atoms with van der Waals surface area (Å²) < 4.78 is 5.78. The van der Waals surface area contributed by atoms with Crippen LogP contribution in [0.3, 0.4) is 0 Å². The molecule has 0 saturated carbocycles. The van der Waals surface area contributed by atoms with E-state index < -0.39 is 0 Å². The first-order valence-corrected chi connectivity index (χ1v) is 35.1. The van der Waals surface area contributed by atoms with Crippen LogP contribution < -0.4 is 4.90 Å². The van der Waals surface area contributed by atoms with Gasteiger partial charge in [0.25, 0.3) is 0 Å². The quantitative estimate of drug-likeness (QED) is 0.105. The molecule has 1 aliphatic rings. The van der Waals surface area contributed by atoms with Crippen molar-refractivity contribution in [3.63, 3.8) is 0 Å². The Hall–Kier alpha value is -12.7. The number of para-hydroxylation sites is 4. The molecule has 4 heteroatoms. The molecule has 0 aliphatic heterocycles.